The van der Waals surface area contributed by atoms with Crippen LogP contribution in [0.3, 0.4) is 0 Å². The first kappa shape index (κ1) is 22.6. The highest BCUT2D eigenvalue weighted by molar-refractivity contribution is 7.99. The van der Waals surface area contributed by atoms with Gasteiger partial charge in [-0.3, -0.25) is 4.79 Å². The van der Waals surface area contributed by atoms with Crippen molar-refractivity contribution in [1.29, 1.82) is 0 Å². The average molecular weight is 488 g/mol. The zero-order valence-corrected chi connectivity index (χ0v) is 20.4. The van der Waals surface area contributed by atoms with Crippen molar-refractivity contribution in [3.8, 4) is 5.75 Å². The molecule has 1 unspecified atom stereocenters. The number of amides is 1. The number of aromatic nitrogens is 4. The van der Waals surface area contributed by atoms with E-state index < -0.39 is 0 Å². The molecular weight excluding hydrogens is 466 g/mol. The van der Waals surface area contributed by atoms with Gasteiger partial charge in [0.05, 0.1) is 16.0 Å². The standard InChI is InChI=1S/C22H22ClN5O2S2/c1-12-9-15(10-13(2)19(12)23)30-14(3)20-26-27-22(28(20)4)31-11-18(29)25-21-24-16-7-5-6-8-17(16)32-21/h5-10,14H,11H2,1-4H3,(H,24,25,29). The van der Waals surface area contributed by atoms with E-state index in [-0.39, 0.29) is 17.8 Å². The number of anilines is 1. The number of ether oxygens (including phenoxy) is 1. The fourth-order valence-electron chi connectivity index (χ4n) is 3.25. The second-order valence-corrected chi connectivity index (χ2v) is 9.71. The van der Waals surface area contributed by atoms with Crippen LogP contribution in [0.5, 0.6) is 5.75 Å². The molecule has 0 aliphatic carbocycles. The summed E-state index contributed by atoms with van der Waals surface area (Å²) in [5, 5.41) is 13.3. The second-order valence-electron chi connectivity index (χ2n) is 7.35. The fourth-order valence-corrected chi connectivity index (χ4v) is 4.96. The molecule has 32 heavy (non-hydrogen) atoms. The van der Waals surface area contributed by atoms with Crippen molar-refractivity contribution in [3.63, 3.8) is 0 Å². The molecule has 4 aromatic rings. The number of fused-ring (bicyclic) bond motifs is 1. The molecule has 4 rings (SSSR count). The number of thiazole rings is 1. The minimum Gasteiger partial charge on any atom is -0.483 e. The van der Waals surface area contributed by atoms with Crippen molar-refractivity contribution in [2.24, 2.45) is 7.05 Å². The number of carbonyl (C=O) groups excluding carboxylic acids is 1. The monoisotopic (exact) mass is 487 g/mol. The Bertz CT molecular complexity index is 1230. The lowest BCUT2D eigenvalue weighted by Crippen LogP contribution is -2.14. The van der Waals surface area contributed by atoms with Gasteiger partial charge in [-0.2, -0.15) is 0 Å². The molecule has 10 heteroatoms. The lowest BCUT2D eigenvalue weighted by molar-refractivity contribution is -0.113. The maximum Gasteiger partial charge on any atom is 0.236 e. The van der Waals surface area contributed by atoms with E-state index in [1.807, 2.05) is 68.8 Å². The molecule has 0 spiro atoms. The van der Waals surface area contributed by atoms with Gasteiger partial charge in [-0.15, -0.1) is 10.2 Å². The number of benzene rings is 2. The highest BCUT2D eigenvalue weighted by Crippen LogP contribution is 2.30. The Kier molecular flexibility index (Phi) is 6.68. The molecular formula is C22H22ClN5O2S2. The molecule has 0 aliphatic rings. The zero-order valence-electron chi connectivity index (χ0n) is 18.0. The first-order valence-electron chi connectivity index (χ1n) is 9.92. The quantitative estimate of drug-likeness (QED) is 0.343. The third-order valence-electron chi connectivity index (χ3n) is 4.83. The Morgan fingerprint density at radius 2 is 1.97 bits per heavy atom. The number of rotatable bonds is 7. The number of thioether (sulfide) groups is 1. The highest BCUT2D eigenvalue weighted by Gasteiger charge is 2.19. The minimum absolute atomic E-state index is 0.144. The van der Waals surface area contributed by atoms with E-state index in [4.69, 9.17) is 16.3 Å². The summed E-state index contributed by atoms with van der Waals surface area (Å²) in [5.74, 6) is 1.45. The van der Waals surface area contributed by atoms with Gasteiger partial charge in [-0.25, -0.2) is 4.98 Å². The number of aryl methyl sites for hydroxylation is 2. The van der Waals surface area contributed by atoms with Gasteiger partial charge in [0, 0.05) is 12.1 Å². The molecule has 1 atom stereocenters. The summed E-state index contributed by atoms with van der Waals surface area (Å²) in [4.78, 5) is 16.8. The summed E-state index contributed by atoms with van der Waals surface area (Å²) < 4.78 is 8.95. The third kappa shape index (κ3) is 4.90. The number of hydrogen-bond acceptors (Lipinski definition) is 7. The molecule has 1 N–H and O–H groups in total. The summed E-state index contributed by atoms with van der Waals surface area (Å²) in [6.45, 7) is 5.81. The lowest BCUT2D eigenvalue weighted by Gasteiger charge is -2.16. The van der Waals surface area contributed by atoms with E-state index in [0.717, 1.165) is 32.1 Å². The zero-order chi connectivity index (χ0) is 22.8. The van der Waals surface area contributed by atoms with Crippen LogP contribution in [-0.2, 0) is 11.8 Å². The lowest BCUT2D eigenvalue weighted by atomic mass is 10.1. The van der Waals surface area contributed by atoms with Gasteiger partial charge >= 0.3 is 0 Å². The number of halogens is 1. The topological polar surface area (TPSA) is 81.9 Å². The first-order chi connectivity index (χ1) is 15.3. The van der Waals surface area contributed by atoms with Crippen LogP contribution in [0.2, 0.25) is 5.02 Å². The molecule has 0 saturated heterocycles. The predicted octanol–water partition coefficient (Wildman–Crippen LogP) is 5.57. The SMILES string of the molecule is Cc1cc(OC(C)c2nnc(SCC(=O)Nc3nc4ccccc4s3)n2C)cc(C)c1Cl. The summed E-state index contributed by atoms with van der Waals surface area (Å²) in [6.07, 6.45) is -0.321. The van der Waals surface area contributed by atoms with Gasteiger partial charge in [-0.1, -0.05) is 46.8 Å². The van der Waals surface area contributed by atoms with Crippen LogP contribution in [0.15, 0.2) is 41.6 Å². The fraction of sp³-hybridized carbons (Fsp3) is 0.273. The van der Waals surface area contributed by atoms with E-state index in [9.17, 15) is 4.79 Å². The number of carbonyl (C=O) groups is 1. The summed E-state index contributed by atoms with van der Waals surface area (Å²) in [5.41, 5.74) is 2.79. The Morgan fingerprint density at radius 3 is 2.69 bits per heavy atom. The smallest absolute Gasteiger partial charge is 0.236 e. The summed E-state index contributed by atoms with van der Waals surface area (Å²) in [6, 6.07) is 11.6. The van der Waals surface area contributed by atoms with Crippen LogP contribution < -0.4 is 10.1 Å². The van der Waals surface area contributed by atoms with E-state index in [1.165, 1.54) is 23.1 Å². The van der Waals surface area contributed by atoms with Crippen LogP contribution in [0, 0.1) is 13.8 Å². The van der Waals surface area contributed by atoms with Crippen LogP contribution >= 0.6 is 34.7 Å². The molecule has 0 radical (unpaired) electrons. The highest BCUT2D eigenvalue weighted by atomic mass is 35.5. The average Bonchev–Trinajstić information content (AvgIpc) is 3.32. The van der Waals surface area contributed by atoms with E-state index in [1.54, 1.807) is 0 Å². The molecule has 166 valence electrons. The third-order valence-corrected chi connectivity index (χ3v) is 7.40. The first-order valence-corrected chi connectivity index (χ1v) is 12.1. The predicted molar refractivity (Wildman–Crippen MR) is 130 cm³/mol. The molecule has 1 amide bonds. The summed E-state index contributed by atoms with van der Waals surface area (Å²) >= 11 is 9.01. The largest absolute Gasteiger partial charge is 0.483 e. The number of para-hydroxylation sites is 1. The van der Waals surface area contributed by atoms with Gasteiger partial charge in [0.15, 0.2) is 22.2 Å². The van der Waals surface area contributed by atoms with Crippen molar-refractivity contribution in [1.82, 2.24) is 19.7 Å². The molecule has 2 aromatic carbocycles. The molecule has 0 saturated carbocycles. The molecule has 2 aromatic heterocycles. The van der Waals surface area contributed by atoms with E-state index >= 15 is 0 Å². The van der Waals surface area contributed by atoms with Crippen LogP contribution in [0.25, 0.3) is 10.2 Å². The maximum atomic E-state index is 12.4. The van der Waals surface area contributed by atoms with Crippen LogP contribution in [0.1, 0.15) is 30.0 Å². The van der Waals surface area contributed by atoms with Gasteiger partial charge in [0.1, 0.15) is 5.75 Å². The second kappa shape index (κ2) is 9.48. The Morgan fingerprint density at radius 1 is 1.25 bits per heavy atom. The number of nitrogens with zero attached hydrogens (tertiary/aromatic N) is 4. The maximum absolute atomic E-state index is 12.4. The Hall–Kier alpha value is -2.62. The Balaban J connectivity index is 1.37. The Labute approximate surface area is 199 Å². The molecule has 7 nitrogen and oxygen atoms in total. The normalized spacial score (nSPS) is 12.2. The van der Waals surface area contributed by atoms with Crippen LogP contribution in [0.4, 0.5) is 5.13 Å². The minimum atomic E-state index is -0.321. The number of nitrogens with one attached hydrogen (secondary N) is 1. The van der Waals surface area contributed by atoms with Crippen molar-refractivity contribution in [3.05, 3.63) is 58.4 Å². The van der Waals surface area contributed by atoms with Crippen molar-refractivity contribution < 1.29 is 9.53 Å². The van der Waals surface area contributed by atoms with Gasteiger partial charge in [0.25, 0.3) is 0 Å². The van der Waals surface area contributed by atoms with E-state index in [0.29, 0.717) is 16.1 Å². The van der Waals surface area contributed by atoms with E-state index in [2.05, 4.69) is 20.5 Å². The van der Waals surface area contributed by atoms with Crippen LogP contribution in [-0.4, -0.2) is 31.4 Å². The van der Waals surface area contributed by atoms with Crippen molar-refractivity contribution in [2.45, 2.75) is 32.0 Å². The van der Waals surface area contributed by atoms with Gasteiger partial charge in [-0.05, 0) is 56.2 Å². The number of hydrogen-bond donors (Lipinski definition) is 1. The van der Waals surface area contributed by atoms with Crippen molar-refractivity contribution >= 4 is 56.0 Å². The molecule has 2 heterocycles. The summed E-state index contributed by atoms with van der Waals surface area (Å²) in [7, 11) is 1.86. The van der Waals surface area contributed by atoms with Gasteiger partial charge in [0.2, 0.25) is 5.91 Å². The molecule has 0 aliphatic heterocycles. The van der Waals surface area contributed by atoms with Crippen molar-refractivity contribution in [2.75, 3.05) is 11.1 Å². The molecule has 0 bridgehead atoms. The van der Waals surface area contributed by atoms with Gasteiger partial charge < -0.3 is 14.6 Å². The molecule has 0 fully saturated rings.